The van der Waals surface area contributed by atoms with Crippen LogP contribution in [0.3, 0.4) is 0 Å². The van der Waals surface area contributed by atoms with E-state index in [1.165, 1.54) is 0 Å². The SMILES string of the molecule is C=CC1=C(C)C2=NC/1=C\c1[n-]c(/c(=C/C)c1C)=C\c1c(C)c(CCC(=O)O)c(n1[CH2-])/C=c1\[n-]/c(c(C)c1CCC(=O)O)=C\2.[Fe+3]. The molecule has 0 atom stereocenters. The molecule has 0 aromatic carbocycles. The number of hydrogen-bond donors (Lipinski definition) is 2. The van der Waals surface area contributed by atoms with Crippen molar-refractivity contribution in [3.05, 3.63) is 103 Å². The van der Waals surface area contributed by atoms with Gasteiger partial charge < -0.3 is 24.7 Å². The van der Waals surface area contributed by atoms with E-state index in [2.05, 4.69) is 13.6 Å². The van der Waals surface area contributed by atoms with Gasteiger partial charge in [0.2, 0.25) is 0 Å². The third-order valence-corrected chi connectivity index (χ3v) is 8.49. The molecule has 0 fully saturated rings. The fraction of sp³-hybridized carbons (Fsp3) is 0.257. The van der Waals surface area contributed by atoms with Gasteiger partial charge in [-0.3, -0.25) is 9.59 Å². The van der Waals surface area contributed by atoms with Gasteiger partial charge in [-0.05, 0) is 51.3 Å². The van der Waals surface area contributed by atoms with Crippen molar-refractivity contribution < 1.29 is 36.9 Å². The predicted molar refractivity (Wildman–Crippen MR) is 169 cm³/mol. The van der Waals surface area contributed by atoms with Crippen molar-refractivity contribution in [3.8, 4) is 0 Å². The molecule has 9 heteroatoms. The van der Waals surface area contributed by atoms with Gasteiger partial charge in [0.05, 0.1) is 11.4 Å². The first-order valence-corrected chi connectivity index (χ1v) is 14.2. The van der Waals surface area contributed by atoms with Crippen LogP contribution in [-0.2, 0) is 39.5 Å². The van der Waals surface area contributed by atoms with E-state index in [0.29, 0.717) is 23.5 Å². The van der Waals surface area contributed by atoms with Gasteiger partial charge in [0.25, 0.3) is 0 Å². The van der Waals surface area contributed by atoms with E-state index in [1.807, 2.05) is 69.6 Å². The summed E-state index contributed by atoms with van der Waals surface area (Å²) in [5, 5.41) is 22.1. The zero-order valence-electron chi connectivity index (χ0n) is 25.6. The van der Waals surface area contributed by atoms with Crippen LogP contribution in [-0.4, -0.2) is 32.4 Å². The number of carboxylic acid groups (broad SMARTS) is 2. The van der Waals surface area contributed by atoms with E-state index in [1.54, 1.807) is 6.08 Å². The van der Waals surface area contributed by atoms with Gasteiger partial charge in [0.1, 0.15) is 0 Å². The Balaban J connectivity index is 0.00000442. The Morgan fingerprint density at radius 2 is 1.52 bits per heavy atom. The molecule has 0 saturated heterocycles. The first-order valence-electron chi connectivity index (χ1n) is 14.2. The Hall–Kier alpha value is -4.46. The zero-order valence-corrected chi connectivity index (χ0v) is 26.7. The summed E-state index contributed by atoms with van der Waals surface area (Å²) >= 11 is 0. The summed E-state index contributed by atoms with van der Waals surface area (Å²) in [4.78, 5) is 38.1. The van der Waals surface area contributed by atoms with Crippen molar-refractivity contribution in [2.45, 2.75) is 60.3 Å². The topological polar surface area (TPSA) is 120 Å². The second-order valence-electron chi connectivity index (χ2n) is 11.0. The van der Waals surface area contributed by atoms with Crippen LogP contribution in [0.25, 0.3) is 30.4 Å². The number of rotatable bonds is 7. The van der Waals surface area contributed by atoms with Crippen molar-refractivity contribution in [1.82, 2.24) is 14.5 Å². The number of aliphatic imine (C=N–C) groups is 1. The van der Waals surface area contributed by atoms with E-state index in [0.717, 1.165) is 78.0 Å². The minimum absolute atomic E-state index is 0. The standard InChI is InChI=1S/C35H37N4O4.Fe/c1-8-22-18(3)26-14-27-20(5)24(10-12-34(40)41)31(38-27)17-33-25(11-13-35(42)43)21(6)32(39(33)7)16-30-23(9-2)19(4)28(37-30)15-29(22)36-26;/h8-9,14-17H,1,7,10-13H2,2-6H3,(H4,36,37,38,40,41,42,43);/q-1;+3/p-2/b23-9+,29-15-;. The van der Waals surface area contributed by atoms with Crippen molar-refractivity contribution >= 4 is 48.0 Å². The molecule has 0 saturated carbocycles. The molecular weight excluding hydrogens is 596 g/mol. The van der Waals surface area contributed by atoms with E-state index in [9.17, 15) is 19.8 Å². The number of aliphatic carboxylic acids is 2. The summed E-state index contributed by atoms with van der Waals surface area (Å²) in [6.45, 7) is 14.0. The van der Waals surface area contributed by atoms with Crippen molar-refractivity contribution in [2.75, 3.05) is 0 Å². The monoisotopic (exact) mass is 631 g/mol. The summed E-state index contributed by atoms with van der Waals surface area (Å²) in [5.41, 5.74) is 10.2. The quantitative estimate of drug-likeness (QED) is 0.306. The molecule has 2 N–H and O–H groups in total. The molecule has 3 aromatic rings. The summed E-state index contributed by atoms with van der Waals surface area (Å²) < 4.78 is 1.81. The molecule has 2 aliphatic heterocycles. The molecule has 8 bridgehead atoms. The van der Waals surface area contributed by atoms with E-state index in [-0.39, 0.29) is 29.9 Å². The first-order chi connectivity index (χ1) is 20.4. The maximum absolute atomic E-state index is 11.6. The fourth-order valence-corrected chi connectivity index (χ4v) is 6.02. The van der Waals surface area contributed by atoms with Gasteiger partial charge in [-0.2, -0.15) is 0 Å². The number of hydrogen-bond acceptors (Lipinski definition) is 3. The van der Waals surface area contributed by atoms with Crippen LogP contribution < -0.4 is 31.2 Å². The predicted octanol–water partition coefficient (Wildman–Crippen LogP) is 2.55. The molecule has 8 nitrogen and oxygen atoms in total. The second-order valence-corrected chi connectivity index (χ2v) is 11.0. The van der Waals surface area contributed by atoms with Crippen molar-refractivity contribution in [3.63, 3.8) is 0 Å². The van der Waals surface area contributed by atoms with Crippen LogP contribution in [0.4, 0.5) is 0 Å². The second kappa shape index (κ2) is 12.6. The molecule has 1 radical (unpaired) electrons. The van der Waals surface area contributed by atoms with Gasteiger partial charge in [0.15, 0.2) is 0 Å². The number of aromatic nitrogens is 3. The van der Waals surface area contributed by atoms with Crippen molar-refractivity contribution in [2.24, 2.45) is 4.99 Å². The molecule has 0 aliphatic carbocycles. The van der Waals surface area contributed by atoms with Crippen LogP contribution in [0.2, 0.25) is 0 Å². The first kappa shape index (κ1) is 32.5. The Labute approximate surface area is 266 Å². The molecule has 2 aliphatic rings. The molecule has 0 amide bonds. The number of nitrogens with zero attached hydrogens (tertiary/aromatic N) is 4. The average molecular weight is 632 g/mol. The minimum Gasteiger partial charge on any atom is -0.658 e. The van der Waals surface area contributed by atoms with E-state index in [4.69, 9.17) is 15.0 Å². The van der Waals surface area contributed by atoms with Crippen LogP contribution >= 0.6 is 0 Å². The molecule has 0 unspecified atom stereocenters. The number of carboxylic acids is 2. The molecule has 3 aromatic heterocycles. The van der Waals surface area contributed by atoms with E-state index >= 15 is 0 Å². The van der Waals surface area contributed by atoms with Crippen LogP contribution in [0.1, 0.15) is 71.6 Å². The minimum atomic E-state index is -0.893. The van der Waals surface area contributed by atoms with Crippen molar-refractivity contribution in [1.29, 1.82) is 0 Å². The van der Waals surface area contributed by atoms with Crippen LogP contribution in [0.5, 0.6) is 0 Å². The Morgan fingerprint density at radius 3 is 2.14 bits per heavy atom. The van der Waals surface area contributed by atoms with Gasteiger partial charge in [-0.25, -0.2) is 4.99 Å². The van der Waals surface area contributed by atoms with Gasteiger partial charge >= 0.3 is 29.0 Å². The maximum atomic E-state index is 11.6. The number of allylic oxidation sites excluding steroid dienone is 2. The molecular formula is C35H35FeN4O4. The summed E-state index contributed by atoms with van der Waals surface area (Å²) in [6, 6.07) is 0. The molecule has 227 valence electrons. The summed E-state index contributed by atoms with van der Waals surface area (Å²) in [6.07, 6.45) is 12.2. The van der Waals surface area contributed by atoms with Gasteiger partial charge in [-0.15, -0.1) is 40.9 Å². The van der Waals surface area contributed by atoms with Crippen LogP contribution in [0.15, 0.2) is 34.5 Å². The summed E-state index contributed by atoms with van der Waals surface area (Å²) in [7, 11) is 4.36. The Bertz CT molecular complexity index is 2060. The Morgan fingerprint density at radius 1 is 0.886 bits per heavy atom. The molecule has 0 spiro atoms. The number of carbonyl (C=O) groups is 2. The maximum Gasteiger partial charge on any atom is 3.00 e. The van der Waals surface area contributed by atoms with Gasteiger partial charge in [-0.1, -0.05) is 77.0 Å². The normalized spacial score (nSPS) is 17.8. The third-order valence-electron chi connectivity index (χ3n) is 8.49. The molecule has 5 heterocycles. The fourth-order valence-electron chi connectivity index (χ4n) is 6.02. The summed E-state index contributed by atoms with van der Waals surface area (Å²) in [5.74, 6) is -1.78. The Kier molecular flexibility index (Phi) is 9.33. The van der Waals surface area contributed by atoms with Crippen LogP contribution in [0, 0.1) is 27.8 Å². The molecule has 44 heavy (non-hydrogen) atoms. The molecule has 5 rings (SSSR count). The third kappa shape index (κ3) is 5.73. The van der Waals surface area contributed by atoms with E-state index < -0.39 is 11.9 Å². The average Bonchev–Trinajstić information content (AvgIpc) is 3.59. The zero-order chi connectivity index (χ0) is 31.2. The smallest absolute Gasteiger partial charge is 0.658 e. The number of fused-ring (bicyclic) bond motifs is 7. The largest absolute Gasteiger partial charge is 3.00 e. The van der Waals surface area contributed by atoms with Gasteiger partial charge in [0, 0.05) is 18.4 Å².